The standard InChI is InChI=1S/C9H20NO.BClF3/c1-3-8-11-9-10(2)6-4-5-7-10;2-1(3,4)5/h3-9H2,1-2H3;/q+1;-1. The van der Waals surface area contributed by atoms with Gasteiger partial charge in [0.2, 0.25) is 0 Å². The van der Waals surface area contributed by atoms with E-state index in [1.54, 1.807) is 0 Å². The Morgan fingerprint density at radius 1 is 1.25 bits per heavy atom. The Morgan fingerprint density at radius 2 is 1.69 bits per heavy atom. The predicted octanol–water partition coefficient (Wildman–Crippen LogP) is 3.18. The minimum atomic E-state index is -5.03. The monoisotopic (exact) mass is 261 g/mol. The van der Waals surface area contributed by atoms with E-state index >= 15 is 0 Å². The Bertz CT molecular complexity index is 180. The molecule has 0 radical (unpaired) electrons. The van der Waals surface area contributed by atoms with Crippen LogP contribution in [0.4, 0.5) is 12.9 Å². The maximum Gasteiger partial charge on any atom is 0.576 e. The predicted molar refractivity (Wildman–Crippen MR) is 61.2 cm³/mol. The molecule has 16 heavy (non-hydrogen) atoms. The molecule has 0 atom stereocenters. The quantitative estimate of drug-likeness (QED) is 0.429. The molecule has 1 fully saturated rings. The normalized spacial score (nSPS) is 19.1. The van der Waals surface area contributed by atoms with Gasteiger partial charge in [0.25, 0.3) is 0 Å². The van der Waals surface area contributed by atoms with E-state index in [0.717, 1.165) is 24.2 Å². The molecule has 0 amide bonds. The number of hydrogen-bond acceptors (Lipinski definition) is 1. The molecule has 1 heterocycles. The molecule has 1 rings (SSSR count). The van der Waals surface area contributed by atoms with Crippen molar-refractivity contribution in [2.45, 2.75) is 26.2 Å². The van der Waals surface area contributed by atoms with Crippen molar-refractivity contribution < 1.29 is 22.2 Å². The zero-order chi connectivity index (χ0) is 12.7. The van der Waals surface area contributed by atoms with Crippen molar-refractivity contribution in [3.8, 4) is 0 Å². The lowest BCUT2D eigenvalue weighted by Gasteiger charge is -2.28. The highest BCUT2D eigenvalue weighted by molar-refractivity contribution is 7.08. The van der Waals surface area contributed by atoms with Gasteiger partial charge in [0.15, 0.2) is 6.73 Å². The Hall–Kier alpha value is 0.0649. The fourth-order valence-electron chi connectivity index (χ4n) is 1.66. The molecule has 0 aliphatic carbocycles. The highest BCUT2D eigenvalue weighted by atomic mass is 35.5. The number of nitrogens with zero attached hydrogens (tertiary/aromatic N) is 1. The van der Waals surface area contributed by atoms with Crippen LogP contribution in [0.3, 0.4) is 0 Å². The van der Waals surface area contributed by atoms with Crippen LogP contribution in [0.1, 0.15) is 26.2 Å². The molecule has 1 aliphatic heterocycles. The molecule has 0 aromatic heterocycles. The Balaban J connectivity index is 0.000000385. The topological polar surface area (TPSA) is 9.23 Å². The second kappa shape index (κ2) is 7.40. The van der Waals surface area contributed by atoms with Crippen molar-refractivity contribution in [1.29, 1.82) is 0 Å². The summed E-state index contributed by atoms with van der Waals surface area (Å²) in [5, 5.41) is 0. The molecule has 98 valence electrons. The highest BCUT2D eigenvalue weighted by Gasteiger charge is 2.26. The number of halogens is 4. The first-order valence-corrected chi connectivity index (χ1v) is 5.99. The van der Waals surface area contributed by atoms with Crippen LogP contribution in [0.5, 0.6) is 0 Å². The van der Waals surface area contributed by atoms with Crippen molar-refractivity contribution in [2.24, 2.45) is 0 Å². The van der Waals surface area contributed by atoms with Gasteiger partial charge in [-0.15, -0.1) is 0 Å². The van der Waals surface area contributed by atoms with Gasteiger partial charge in [0, 0.05) is 12.8 Å². The molecule has 0 N–H and O–H groups in total. The van der Waals surface area contributed by atoms with Gasteiger partial charge in [-0.25, -0.2) is 0 Å². The lowest BCUT2D eigenvalue weighted by Crippen LogP contribution is -2.42. The minimum Gasteiger partial charge on any atom is -0.435 e. The van der Waals surface area contributed by atoms with E-state index in [1.165, 1.54) is 25.9 Å². The molecule has 7 heteroatoms. The molecule has 0 spiro atoms. The zero-order valence-electron chi connectivity index (χ0n) is 9.89. The largest absolute Gasteiger partial charge is 0.576 e. The third kappa shape index (κ3) is 10.6. The Kier molecular flexibility index (Phi) is 7.43. The van der Waals surface area contributed by atoms with Crippen LogP contribution in [-0.4, -0.2) is 44.4 Å². The van der Waals surface area contributed by atoms with Crippen LogP contribution in [0.25, 0.3) is 0 Å². The second-order valence-electron chi connectivity index (χ2n) is 4.31. The summed E-state index contributed by atoms with van der Waals surface area (Å²) in [6.07, 6.45) is -1.13. The van der Waals surface area contributed by atoms with Crippen LogP contribution in [-0.2, 0) is 4.74 Å². The third-order valence-electron chi connectivity index (χ3n) is 2.40. The molecular weight excluding hydrogens is 241 g/mol. The van der Waals surface area contributed by atoms with E-state index in [-0.39, 0.29) is 0 Å². The van der Waals surface area contributed by atoms with Gasteiger partial charge in [0.05, 0.1) is 26.7 Å². The van der Waals surface area contributed by atoms with E-state index in [9.17, 15) is 12.9 Å². The summed E-state index contributed by atoms with van der Waals surface area (Å²) >= 11 is 3.59. The van der Waals surface area contributed by atoms with Gasteiger partial charge in [-0.1, -0.05) is 6.92 Å². The summed E-state index contributed by atoms with van der Waals surface area (Å²) in [7, 11) is 2.29. The Morgan fingerprint density at radius 3 is 2.06 bits per heavy atom. The van der Waals surface area contributed by atoms with Crippen molar-refractivity contribution in [1.82, 2.24) is 0 Å². The van der Waals surface area contributed by atoms with Crippen LogP contribution in [0, 0.1) is 0 Å². The SMILES string of the molecule is CCCOC[N+]1(C)CCCC1.F[B-](F)(F)Cl. The van der Waals surface area contributed by atoms with Gasteiger partial charge >= 0.3 is 6.39 Å². The number of likely N-dealkylation sites (tertiary alicyclic amines) is 1. The average molecular weight is 262 g/mol. The molecule has 0 bridgehead atoms. The van der Waals surface area contributed by atoms with E-state index in [0.29, 0.717) is 0 Å². The van der Waals surface area contributed by atoms with Crippen LogP contribution in [0.2, 0.25) is 0 Å². The molecule has 1 saturated heterocycles. The average Bonchev–Trinajstić information content (AvgIpc) is 2.50. The lowest BCUT2D eigenvalue weighted by atomic mass is 10.4. The fourth-order valence-corrected chi connectivity index (χ4v) is 1.66. The van der Waals surface area contributed by atoms with Crippen LogP contribution < -0.4 is 0 Å². The van der Waals surface area contributed by atoms with Crippen molar-refractivity contribution in [3.63, 3.8) is 0 Å². The summed E-state index contributed by atoms with van der Waals surface area (Å²) in [6.45, 7) is 6.62. The zero-order valence-corrected chi connectivity index (χ0v) is 10.7. The first-order chi connectivity index (χ1) is 7.27. The number of rotatable bonds is 4. The summed E-state index contributed by atoms with van der Waals surface area (Å²) in [5.41, 5.74) is 0. The molecule has 0 saturated carbocycles. The summed E-state index contributed by atoms with van der Waals surface area (Å²) in [4.78, 5) is 0. The molecule has 0 aromatic rings. The van der Waals surface area contributed by atoms with E-state index < -0.39 is 6.39 Å². The Labute approximate surface area is 100 Å². The van der Waals surface area contributed by atoms with E-state index in [1.807, 2.05) is 0 Å². The fraction of sp³-hybridized carbons (Fsp3) is 1.00. The third-order valence-corrected chi connectivity index (χ3v) is 2.40. The maximum atomic E-state index is 10.2. The van der Waals surface area contributed by atoms with Gasteiger partial charge in [0.1, 0.15) is 0 Å². The summed E-state index contributed by atoms with van der Waals surface area (Å²) < 4.78 is 37.2. The first-order valence-electron chi connectivity index (χ1n) is 5.55. The van der Waals surface area contributed by atoms with Crippen LogP contribution >= 0.6 is 11.5 Å². The number of hydrogen-bond donors (Lipinski definition) is 0. The molecule has 1 aliphatic rings. The van der Waals surface area contributed by atoms with E-state index in [2.05, 4.69) is 25.4 Å². The lowest BCUT2D eigenvalue weighted by molar-refractivity contribution is -0.916. The summed E-state index contributed by atoms with van der Waals surface area (Å²) in [6, 6.07) is 0. The van der Waals surface area contributed by atoms with Crippen LogP contribution in [0.15, 0.2) is 0 Å². The second-order valence-corrected chi connectivity index (χ2v) is 4.80. The van der Waals surface area contributed by atoms with Gasteiger partial charge in [-0.2, -0.15) is 0 Å². The summed E-state index contributed by atoms with van der Waals surface area (Å²) in [5.74, 6) is 0. The highest BCUT2D eigenvalue weighted by Crippen LogP contribution is 2.15. The number of ether oxygens (including phenoxy) is 1. The molecule has 0 unspecified atom stereocenters. The molecular formula is C9H20BClF3NO. The van der Waals surface area contributed by atoms with Gasteiger partial charge < -0.3 is 22.2 Å². The van der Waals surface area contributed by atoms with Crippen molar-refractivity contribution in [2.75, 3.05) is 33.5 Å². The van der Waals surface area contributed by atoms with E-state index in [4.69, 9.17) is 4.74 Å². The smallest absolute Gasteiger partial charge is 0.435 e. The first kappa shape index (κ1) is 16.1. The van der Waals surface area contributed by atoms with Crippen molar-refractivity contribution in [3.05, 3.63) is 0 Å². The van der Waals surface area contributed by atoms with Gasteiger partial charge in [-0.3, -0.25) is 11.5 Å². The van der Waals surface area contributed by atoms with Gasteiger partial charge in [-0.05, 0) is 6.42 Å². The minimum absolute atomic E-state index is 0.924. The number of quaternary nitrogens is 1. The molecule has 0 aromatic carbocycles. The van der Waals surface area contributed by atoms with Crippen molar-refractivity contribution >= 4 is 17.9 Å². The molecule has 2 nitrogen and oxygen atoms in total. The maximum absolute atomic E-state index is 10.2.